The summed E-state index contributed by atoms with van der Waals surface area (Å²) in [5, 5.41) is 0. The summed E-state index contributed by atoms with van der Waals surface area (Å²) in [6.07, 6.45) is 0.116. The van der Waals surface area contributed by atoms with Gasteiger partial charge in [-0.05, 0) is 36.4 Å². The van der Waals surface area contributed by atoms with Crippen LogP contribution in [0.4, 0.5) is 18.9 Å². The van der Waals surface area contributed by atoms with Gasteiger partial charge in [0.15, 0.2) is 0 Å². The molecule has 1 aromatic carbocycles. The molecule has 0 amide bonds. The Hall–Kier alpha value is -3.29. The predicted molar refractivity (Wildman–Crippen MR) is 90.0 cm³/mol. The Morgan fingerprint density at radius 3 is 2.38 bits per heavy atom. The van der Waals surface area contributed by atoms with Crippen molar-refractivity contribution in [2.75, 3.05) is 12.8 Å². The molecule has 2 aromatic heterocycles. The number of methoxy groups -OCH3 is 1. The van der Waals surface area contributed by atoms with Gasteiger partial charge < -0.3 is 15.2 Å². The SMILES string of the molecule is COc1ccncc1-c1cc(N)cnc1Oc1ccc(C(F)(F)F)cc1. The van der Waals surface area contributed by atoms with Crippen LogP contribution in [-0.2, 0) is 6.18 Å². The summed E-state index contributed by atoms with van der Waals surface area (Å²) < 4.78 is 49.0. The lowest BCUT2D eigenvalue weighted by molar-refractivity contribution is -0.137. The molecule has 0 aliphatic heterocycles. The minimum absolute atomic E-state index is 0.172. The lowest BCUT2D eigenvalue weighted by Gasteiger charge is -2.13. The maximum absolute atomic E-state index is 12.7. The van der Waals surface area contributed by atoms with Gasteiger partial charge >= 0.3 is 6.18 Å². The summed E-state index contributed by atoms with van der Waals surface area (Å²) in [5.74, 6) is 0.911. The van der Waals surface area contributed by atoms with E-state index in [2.05, 4.69) is 9.97 Å². The second-order valence-corrected chi connectivity index (χ2v) is 5.32. The first-order valence-electron chi connectivity index (χ1n) is 7.47. The number of anilines is 1. The van der Waals surface area contributed by atoms with Crippen LogP contribution in [0.1, 0.15) is 5.56 Å². The molecule has 0 aliphatic rings. The van der Waals surface area contributed by atoms with E-state index in [1.165, 1.54) is 25.4 Å². The smallest absolute Gasteiger partial charge is 0.416 e. The van der Waals surface area contributed by atoms with Gasteiger partial charge in [-0.3, -0.25) is 4.98 Å². The van der Waals surface area contributed by atoms with Crippen LogP contribution in [0.5, 0.6) is 17.4 Å². The largest absolute Gasteiger partial charge is 0.496 e. The van der Waals surface area contributed by atoms with Crippen LogP contribution in [0.2, 0.25) is 0 Å². The van der Waals surface area contributed by atoms with Crippen molar-refractivity contribution in [3.63, 3.8) is 0 Å². The third kappa shape index (κ3) is 3.69. The Morgan fingerprint density at radius 1 is 1.00 bits per heavy atom. The molecule has 0 unspecified atom stereocenters. The molecule has 0 bridgehead atoms. The highest BCUT2D eigenvalue weighted by molar-refractivity contribution is 5.76. The van der Waals surface area contributed by atoms with Gasteiger partial charge in [-0.15, -0.1) is 0 Å². The highest BCUT2D eigenvalue weighted by Crippen LogP contribution is 2.38. The van der Waals surface area contributed by atoms with Gasteiger partial charge in [0.2, 0.25) is 5.88 Å². The van der Waals surface area contributed by atoms with Crippen molar-refractivity contribution >= 4 is 5.69 Å². The average Bonchev–Trinajstić information content (AvgIpc) is 2.63. The number of rotatable bonds is 4. The molecule has 0 fully saturated rings. The number of aromatic nitrogens is 2. The average molecular weight is 361 g/mol. The maximum Gasteiger partial charge on any atom is 0.416 e. The van der Waals surface area contributed by atoms with E-state index in [9.17, 15) is 13.2 Å². The summed E-state index contributed by atoms with van der Waals surface area (Å²) >= 11 is 0. The number of benzene rings is 1. The van der Waals surface area contributed by atoms with Crippen molar-refractivity contribution in [3.05, 3.63) is 60.6 Å². The minimum Gasteiger partial charge on any atom is -0.496 e. The Morgan fingerprint density at radius 2 is 1.73 bits per heavy atom. The molecule has 2 N–H and O–H groups in total. The minimum atomic E-state index is -4.41. The van der Waals surface area contributed by atoms with Crippen molar-refractivity contribution in [1.82, 2.24) is 9.97 Å². The molecule has 3 rings (SSSR count). The van der Waals surface area contributed by atoms with Gasteiger partial charge in [0.05, 0.1) is 30.1 Å². The van der Waals surface area contributed by atoms with Crippen molar-refractivity contribution < 1.29 is 22.6 Å². The van der Waals surface area contributed by atoms with Gasteiger partial charge in [0.1, 0.15) is 11.5 Å². The normalized spacial score (nSPS) is 11.2. The molecule has 0 saturated carbocycles. The quantitative estimate of drug-likeness (QED) is 0.738. The van der Waals surface area contributed by atoms with Crippen LogP contribution in [0.3, 0.4) is 0 Å². The zero-order valence-electron chi connectivity index (χ0n) is 13.6. The molecular weight excluding hydrogens is 347 g/mol. The zero-order valence-corrected chi connectivity index (χ0v) is 13.6. The van der Waals surface area contributed by atoms with Crippen LogP contribution < -0.4 is 15.2 Å². The van der Waals surface area contributed by atoms with Gasteiger partial charge in [-0.25, -0.2) is 4.98 Å². The third-order valence-electron chi connectivity index (χ3n) is 3.56. The predicted octanol–water partition coefficient (Wildman–Crippen LogP) is 4.55. The van der Waals surface area contributed by atoms with E-state index < -0.39 is 11.7 Å². The first kappa shape index (κ1) is 17.5. The molecule has 134 valence electrons. The van der Waals surface area contributed by atoms with Crippen molar-refractivity contribution in [2.24, 2.45) is 0 Å². The number of pyridine rings is 2. The lowest BCUT2D eigenvalue weighted by Crippen LogP contribution is -2.04. The van der Waals surface area contributed by atoms with Crippen LogP contribution >= 0.6 is 0 Å². The molecule has 5 nitrogen and oxygen atoms in total. The molecule has 3 aromatic rings. The van der Waals surface area contributed by atoms with E-state index in [4.69, 9.17) is 15.2 Å². The fourth-order valence-electron chi connectivity index (χ4n) is 2.33. The van der Waals surface area contributed by atoms with Gasteiger partial charge in [-0.2, -0.15) is 13.2 Å². The fourth-order valence-corrected chi connectivity index (χ4v) is 2.33. The monoisotopic (exact) mass is 361 g/mol. The maximum atomic E-state index is 12.7. The van der Waals surface area contributed by atoms with Crippen molar-refractivity contribution in [1.29, 1.82) is 0 Å². The van der Waals surface area contributed by atoms with Crippen LogP contribution in [0.15, 0.2) is 55.0 Å². The number of halogens is 3. The number of hydrogen-bond acceptors (Lipinski definition) is 5. The zero-order chi connectivity index (χ0) is 18.7. The summed E-state index contributed by atoms with van der Waals surface area (Å²) in [4.78, 5) is 8.20. The molecule has 0 aliphatic carbocycles. The van der Waals surface area contributed by atoms with E-state index in [-0.39, 0.29) is 11.6 Å². The second kappa shape index (κ2) is 6.91. The molecule has 0 atom stereocenters. The van der Waals surface area contributed by atoms with Gasteiger partial charge in [0.25, 0.3) is 0 Å². The number of alkyl halides is 3. The van der Waals surface area contributed by atoms with E-state index in [0.29, 0.717) is 22.6 Å². The molecule has 8 heteroatoms. The first-order valence-corrected chi connectivity index (χ1v) is 7.47. The molecule has 2 heterocycles. The Bertz CT molecular complexity index is 912. The summed E-state index contributed by atoms with van der Waals surface area (Å²) in [6, 6.07) is 7.64. The number of ether oxygens (including phenoxy) is 2. The number of nitrogens with two attached hydrogens (primary N) is 1. The van der Waals surface area contributed by atoms with E-state index in [1.54, 1.807) is 24.5 Å². The van der Waals surface area contributed by atoms with Crippen LogP contribution in [-0.4, -0.2) is 17.1 Å². The third-order valence-corrected chi connectivity index (χ3v) is 3.56. The van der Waals surface area contributed by atoms with E-state index in [1.807, 2.05) is 0 Å². The first-order chi connectivity index (χ1) is 12.4. The topological polar surface area (TPSA) is 70.3 Å². The fraction of sp³-hybridized carbons (Fsp3) is 0.111. The number of hydrogen-bond donors (Lipinski definition) is 1. The highest BCUT2D eigenvalue weighted by Gasteiger charge is 2.30. The van der Waals surface area contributed by atoms with Crippen LogP contribution in [0, 0.1) is 0 Å². The number of nitrogens with zero attached hydrogens (tertiary/aromatic N) is 2. The molecule has 26 heavy (non-hydrogen) atoms. The highest BCUT2D eigenvalue weighted by atomic mass is 19.4. The van der Waals surface area contributed by atoms with Gasteiger partial charge in [0, 0.05) is 18.0 Å². The summed E-state index contributed by atoms with van der Waals surface area (Å²) in [5.41, 5.74) is 6.55. The van der Waals surface area contributed by atoms with Crippen molar-refractivity contribution in [3.8, 4) is 28.5 Å². The van der Waals surface area contributed by atoms with Gasteiger partial charge in [-0.1, -0.05) is 0 Å². The Kier molecular flexibility index (Phi) is 4.66. The lowest BCUT2D eigenvalue weighted by atomic mass is 10.1. The van der Waals surface area contributed by atoms with Crippen molar-refractivity contribution in [2.45, 2.75) is 6.18 Å². The molecule has 0 spiro atoms. The van der Waals surface area contributed by atoms with E-state index >= 15 is 0 Å². The van der Waals surface area contributed by atoms with E-state index in [0.717, 1.165) is 12.1 Å². The number of nitrogen functional groups attached to an aromatic ring is 1. The standard InChI is InChI=1S/C18H14F3N3O2/c1-25-16-6-7-23-10-15(16)14-8-12(22)9-24-17(14)26-13-4-2-11(3-5-13)18(19,20)21/h2-10H,22H2,1H3. The molecular formula is C18H14F3N3O2. The molecule has 0 saturated heterocycles. The Balaban J connectivity index is 1.99. The second-order valence-electron chi connectivity index (χ2n) is 5.32. The molecule has 0 radical (unpaired) electrons. The summed E-state index contributed by atoms with van der Waals surface area (Å²) in [7, 11) is 1.51. The summed E-state index contributed by atoms with van der Waals surface area (Å²) in [6.45, 7) is 0. The van der Waals surface area contributed by atoms with Crippen LogP contribution in [0.25, 0.3) is 11.1 Å². The Labute approximate surface area is 147 Å².